The van der Waals surface area contributed by atoms with Crippen LogP contribution in [0.15, 0.2) is 36.7 Å². The summed E-state index contributed by atoms with van der Waals surface area (Å²) >= 11 is 0. The van der Waals surface area contributed by atoms with Gasteiger partial charge < -0.3 is 19.2 Å². The lowest BCUT2D eigenvalue weighted by Crippen LogP contribution is -2.15. The van der Waals surface area contributed by atoms with E-state index in [1.54, 1.807) is 31.3 Å². The highest BCUT2D eigenvalue weighted by Gasteiger charge is 2.21. The number of halogens is 1. The summed E-state index contributed by atoms with van der Waals surface area (Å²) in [7, 11) is 0. The summed E-state index contributed by atoms with van der Waals surface area (Å²) in [6.45, 7) is 5.42. The van der Waals surface area contributed by atoms with Gasteiger partial charge in [-0.3, -0.25) is 4.79 Å². The number of imidazole rings is 1. The minimum absolute atomic E-state index is 0.000992. The molecule has 1 aromatic carbocycles. The number of ether oxygens (including phenoxy) is 2. The zero-order chi connectivity index (χ0) is 20.4. The van der Waals surface area contributed by atoms with Gasteiger partial charge in [0.15, 0.2) is 0 Å². The van der Waals surface area contributed by atoms with E-state index in [1.807, 2.05) is 17.5 Å². The van der Waals surface area contributed by atoms with Crippen molar-refractivity contribution in [3.63, 3.8) is 0 Å². The Morgan fingerprint density at radius 2 is 2.14 bits per heavy atom. The number of anilines is 1. The fourth-order valence-electron chi connectivity index (χ4n) is 3.61. The number of nitrogens with zero attached hydrogens (tertiary/aromatic N) is 2. The molecule has 1 fully saturated rings. The van der Waals surface area contributed by atoms with Crippen molar-refractivity contribution in [2.24, 2.45) is 0 Å². The van der Waals surface area contributed by atoms with E-state index in [1.165, 1.54) is 6.07 Å². The van der Waals surface area contributed by atoms with Gasteiger partial charge in [-0.2, -0.15) is 0 Å². The van der Waals surface area contributed by atoms with Gasteiger partial charge in [-0.25, -0.2) is 9.37 Å². The Kier molecular flexibility index (Phi) is 5.49. The molecule has 1 N–H and O–H groups in total. The molecule has 4 rings (SSSR count). The summed E-state index contributed by atoms with van der Waals surface area (Å²) in [6.07, 6.45) is 5.63. The number of benzene rings is 1. The van der Waals surface area contributed by atoms with E-state index in [4.69, 9.17) is 14.5 Å². The van der Waals surface area contributed by atoms with Crippen molar-refractivity contribution < 1.29 is 18.7 Å². The number of amides is 1. The lowest BCUT2D eigenvalue weighted by molar-refractivity contribution is 0.0846. The van der Waals surface area contributed by atoms with E-state index in [0.717, 1.165) is 37.4 Å². The molecule has 0 bridgehead atoms. The van der Waals surface area contributed by atoms with Gasteiger partial charge in [-0.1, -0.05) is 12.1 Å². The van der Waals surface area contributed by atoms with Crippen LogP contribution in [-0.4, -0.2) is 35.1 Å². The van der Waals surface area contributed by atoms with Crippen LogP contribution in [0.1, 0.15) is 47.3 Å². The number of carbonyl (C=O) groups is 1. The van der Waals surface area contributed by atoms with Gasteiger partial charge >= 0.3 is 0 Å². The molecule has 1 aliphatic rings. The first-order valence-corrected chi connectivity index (χ1v) is 9.86. The molecule has 0 saturated carbocycles. The minimum Gasteiger partial charge on any atom is -0.491 e. The zero-order valence-corrected chi connectivity index (χ0v) is 16.6. The standard InChI is InChI=1S/C22H24FN3O3/c1-3-29-19-11-20-24-17(15-7-9-28-10-8-15)12-26(20)13-18(19)25-22(27)16-6-4-5-14(2)21(16)23/h4-6,11-13,15H,3,7-10H2,1-2H3,(H,25,27). The van der Waals surface area contributed by atoms with E-state index in [0.29, 0.717) is 29.5 Å². The van der Waals surface area contributed by atoms with Crippen molar-refractivity contribution >= 4 is 17.2 Å². The first-order valence-electron chi connectivity index (χ1n) is 9.86. The number of rotatable bonds is 5. The molecule has 152 valence electrons. The van der Waals surface area contributed by atoms with Crippen LogP contribution in [-0.2, 0) is 4.74 Å². The molecule has 7 heteroatoms. The number of pyridine rings is 1. The first kappa shape index (κ1) is 19.4. The van der Waals surface area contributed by atoms with E-state index in [-0.39, 0.29) is 5.56 Å². The quantitative estimate of drug-likeness (QED) is 0.696. The smallest absolute Gasteiger partial charge is 0.258 e. The van der Waals surface area contributed by atoms with Crippen LogP contribution in [0.4, 0.5) is 10.1 Å². The SMILES string of the molecule is CCOc1cc2nc(C3CCOCC3)cn2cc1NC(=O)c1cccc(C)c1F. The Morgan fingerprint density at radius 1 is 1.34 bits per heavy atom. The van der Waals surface area contributed by atoms with E-state index >= 15 is 0 Å². The van der Waals surface area contributed by atoms with Gasteiger partial charge in [-0.15, -0.1) is 0 Å². The Balaban J connectivity index is 1.67. The van der Waals surface area contributed by atoms with Gasteiger partial charge in [0.05, 0.1) is 17.9 Å². The average Bonchev–Trinajstić information content (AvgIpc) is 3.14. The van der Waals surface area contributed by atoms with Crippen molar-refractivity contribution in [3.8, 4) is 5.75 Å². The van der Waals surface area contributed by atoms with Crippen LogP contribution in [0.25, 0.3) is 5.65 Å². The van der Waals surface area contributed by atoms with Crippen LogP contribution in [0.3, 0.4) is 0 Å². The monoisotopic (exact) mass is 397 g/mol. The van der Waals surface area contributed by atoms with E-state index in [2.05, 4.69) is 5.32 Å². The lowest BCUT2D eigenvalue weighted by atomic mass is 9.97. The molecule has 0 spiro atoms. The summed E-state index contributed by atoms with van der Waals surface area (Å²) in [6, 6.07) is 6.56. The molecule has 0 aliphatic carbocycles. The summed E-state index contributed by atoms with van der Waals surface area (Å²) in [5.74, 6) is -0.172. The maximum atomic E-state index is 14.3. The van der Waals surface area contributed by atoms with Crippen molar-refractivity contribution in [3.05, 3.63) is 59.3 Å². The number of nitrogens with one attached hydrogen (secondary N) is 1. The molecule has 3 heterocycles. The Bertz CT molecular complexity index is 1040. The maximum absolute atomic E-state index is 14.3. The molecule has 2 aromatic heterocycles. The van der Waals surface area contributed by atoms with Gasteiger partial charge in [0.1, 0.15) is 22.9 Å². The fourth-order valence-corrected chi connectivity index (χ4v) is 3.61. The zero-order valence-electron chi connectivity index (χ0n) is 16.6. The molecule has 3 aromatic rings. The van der Waals surface area contributed by atoms with Crippen LogP contribution in [0.2, 0.25) is 0 Å². The second kappa shape index (κ2) is 8.21. The molecule has 1 saturated heterocycles. The van der Waals surface area contributed by atoms with Gasteiger partial charge in [0.2, 0.25) is 0 Å². The number of fused-ring (bicyclic) bond motifs is 1. The number of aryl methyl sites for hydroxylation is 1. The molecule has 1 aliphatic heterocycles. The lowest BCUT2D eigenvalue weighted by Gasteiger charge is -2.19. The molecule has 6 nitrogen and oxygen atoms in total. The third-order valence-electron chi connectivity index (χ3n) is 5.20. The van der Waals surface area contributed by atoms with E-state index in [9.17, 15) is 9.18 Å². The van der Waals surface area contributed by atoms with Gasteiger partial charge in [0.25, 0.3) is 5.91 Å². The number of aromatic nitrogens is 2. The topological polar surface area (TPSA) is 64.9 Å². The minimum atomic E-state index is -0.520. The summed E-state index contributed by atoms with van der Waals surface area (Å²) in [4.78, 5) is 17.4. The van der Waals surface area contributed by atoms with Crippen LogP contribution in [0, 0.1) is 12.7 Å². The van der Waals surface area contributed by atoms with Crippen molar-refractivity contribution in [2.45, 2.75) is 32.6 Å². The fraction of sp³-hybridized carbons (Fsp3) is 0.364. The van der Waals surface area contributed by atoms with Crippen LogP contribution < -0.4 is 10.1 Å². The normalized spacial score (nSPS) is 14.9. The number of hydrogen-bond acceptors (Lipinski definition) is 4. The van der Waals surface area contributed by atoms with E-state index < -0.39 is 11.7 Å². The maximum Gasteiger partial charge on any atom is 0.258 e. The highest BCUT2D eigenvalue weighted by Crippen LogP contribution is 2.31. The molecular formula is C22H24FN3O3. The Morgan fingerprint density at radius 3 is 2.90 bits per heavy atom. The van der Waals surface area contributed by atoms with Crippen molar-refractivity contribution in [1.29, 1.82) is 0 Å². The van der Waals surface area contributed by atoms with Crippen molar-refractivity contribution in [2.75, 3.05) is 25.1 Å². The Labute approximate surface area is 168 Å². The molecule has 1 amide bonds. The number of carbonyl (C=O) groups excluding carboxylic acids is 1. The highest BCUT2D eigenvalue weighted by atomic mass is 19.1. The molecule has 0 radical (unpaired) electrons. The van der Waals surface area contributed by atoms with Crippen LogP contribution >= 0.6 is 0 Å². The summed E-state index contributed by atoms with van der Waals surface area (Å²) < 4.78 is 27.4. The predicted molar refractivity (Wildman–Crippen MR) is 108 cm³/mol. The van der Waals surface area contributed by atoms with Gasteiger partial charge in [0, 0.05) is 37.6 Å². The highest BCUT2D eigenvalue weighted by molar-refractivity contribution is 6.05. The molecular weight excluding hydrogens is 373 g/mol. The predicted octanol–water partition coefficient (Wildman–Crippen LogP) is 4.33. The summed E-state index contributed by atoms with van der Waals surface area (Å²) in [5.41, 5.74) is 2.65. The Hall–Kier alpha value is -2.93. The largest absolute Gasteiger partial charge is 0.491 e. The summed E-state index contributed by atoms with van der Waals surface area (Å²) in [5, 5.41) is 2.79. The van der Waals surface area contributed by atoms with Crippen LogP contribution in [0.5, 0.6) is 5.75 Å². The molecule has 0 atom stereocenters. The first-order chi connectivity index (χ1) is 14.1. The molecule has 0 unspecified atom stereocenters. The average molecular weight is 397 g/mol. The molecule has 29 heavy (non-hydrogen) atoms. The number of hydrogen-bond donors (Lipinski definition) is 1. The second-order valence-electron chi connectivity index (χ2n) is 7.19. The second-order valence-corrected chi connectivity index (χ2v) is 7.19. The van der Waals surface area contributed by atoms with Gasteiger partial charge in [-0.05, 0) is 38.3 Å². The third-order valence-corrected chi connectivity index (χ3v) is 5.20. The van der Waals surface area contributed by atoms with Crippen molar-refractivity contribution in [1.82, 2.24) is 9.38 Å². The third kappa shape index (κ3) is 3.96.